The summed E-state index contributed by atoms with van der Waals surface area (Å²) in [5.41, 5.74) is -1.53. The van der Waals surface area contributed by atoms with E-state index < -0.39 is 80.6 Å². The summed E-state index contributed by atoms with van der Waals surface area (Å²) in [6.07, 6.45) is -6.74. The number of pyridine rings is 1. The number of aryl methyl sites for hydroxylation is 1. The maximum absolute atomic E-state index is 15.0. The molecule has 4 rings (SSSR count). The predicted octanol–water partition coefficient (Wildman–Crippen LogP) is 4.72. The van der Waals surface area contributed by atoms with Crippen LogP contribution in [0.1, 0.15) is 31.0 Å². The number of nitrogens with one attached hydrogen (secondary N) is 2. The number of aromatic amines is 1. The van der Waals surface area contributed by atoms with Crippen LogP contribution in [0.15, 0.2) is 40.3 Å². The average Bonchev–Trinajstić information content (AvgIpc) is 2.85. The SMILES string of the molecule is C[C@@H](CCCn1ccc2cc(-c3cnc(C(F)(F)F)c(N)n3)c(F)c(F)c2c1=O)Nc1cn[nH]c(=O)c1C(F)(F)F. The lowest BCUT2D eigenvalue weighted by atomic mass is 10.0. The van der Waals surface area contributed by atoms with Crippen molar-refractivity contribution in [3.05, 3.63) is 74.3 Å². The standard InChI is InChI=1S/C24H19F8N7O2/c1-10(36-14-9-35-38-21(40)16(14)23(27,28)29)3-2-5-39-6-4-11-7-12(17(25)18(26)15(11)22(39)41)13-8-34-19(20(33)37-13)24(30,31)32/h4,6-10H,2-3,5H2,1H3,(H2,33,37)(H2,36,38,40)/t10-/m0/s1. The molecule has 0 bridgehead atoms. The van der Waals surface area contributed by atoms with E-state index in [1.165, 1.54) is 19.2 Å². The lowest BCUT2D eigenvalue weighted by Crippen LogP contribution is -2.27. The van der Waals surface area contributed by atoms with Crippen molar-refractivity contribution >= 4 is 22.3 Å². The van der Waals surface area contributed by atoms with Gasteiger partial charge in [-0.15, -0.1) is 0 Å². The van der Waals surface area contributed by atoms with Crippen LogP contribution in [0.25, 0.3) is 22.0 Å². The van der Waals surface area contributed by atoms with Crippen molar-refractivity contribution in [2.75, 3.05) is 11.1 Å². The first-order valence-electron chi connectivity index (χ1n) is 11.7. The quantitative estimate of drug-likeness (QED) is 0.266. The van der Waals surface area contributed by atoms with Crippen LogP contribution in [0.2, 0.25) is 0 Å². The van der Waals surface area contributed by atoms with Crippen LogP contribution in [0.5, 0.6) is 0 Å². The number of nitrogen functional groups attached to an aromatic ring is 1. The number of alkyl halides is 6. The van der Waals surface area contributed by atoms with E-state index in [0.29, 0.717) is 6.20 Å². The van der Waals surface area contributed by atoms with Gasteiger partial charge in [-0.1, -0.05) is 0 Å². The van der Waals surface area contributed by atoms with Crippen LogP contribution < -0.4 is 22.2 Å². The Balaban J connectivity index is 1.54. The molecule has 41 heavy (non-hydrogen) atoms. The van der Waals surface area contributed by atoms with E-state index >= 15 is 4.39 Å². The second kappa shape index (κ2) is 10.8. The highest BCUT2D eigenvalue weighted by molar-refractivity contribution is 5.87. The van der Waals surface area contributed by atoms with Crippen molar-refractivity contribution in [3.63, 3.8) is 0 Å². The van der Waals surface area contributed by atoms with E-state index in [-0.39, 0.29) is 24.8 Å². The molecule has 0 fully saturated rings. The third kappa shape index (κ3) is 5.97. The van der Waals surface area contributed by atoms with Crippen LogP contribution in [0.4, 0.5) is 46.6 Å². The van der Waals surface area contributed by atoms with Crippen molar-refractivity contribution in [2.45, 2.75) is 44.7 Å². The summed E-state index contributed by atoms with van der Waals surface area (Å²) in [7, 11) is 0. The van der Waals surface area contributed by atoms with Crippen molar-refractivity contribution in [3.8, 4) is 11.3 Å². The lowest BCUT2D eigenvalue weighted by molar-refractivity contribution is -0.140. The van der Waals surface area contributed by atoms with Crippen molar-refractivity contribution in [1.82, 2.24) is 24.7 Å². The summed E-state index contributed by atoms with van der Waals surface area (Å²) in [4.78, 5) is 31.2. The van der Waals surface area contributed by atoms with Gasteiger partial charge in [0.25, 0.3) is 11.1 Å². The van der Waals surface area contributed by atoms with E-state index in [1.54, 1.807) is 5.10 Å². The van der Waals surface area contributed by atoms with Gasteiger partial charge in [0.1, 0.15) is 5.56 Å². The fourth-order valence-electron chi connectivity index (χ4n) is 4.18. The first-order valence-corrected chi connectivity index (χ1v) is 11.7. The molecule has 0 aliphatic carbocycles. The molecule has 0 saturated carbocycles. The molecule has 17 heteroatoms. The predicted molar refractivity (Wildman–Crippen MR) is 131 cm³/mol. The highest BCUT2D eigenvalue weighted by Crippen LogP contribution is 2.34. The van der Waals surface area contributed by atoms with Crippen LogP contribution in [-0.2, 0) is 18.9 Å². The number of hydrogen-bond donors (Lipinski definition) is 3. The van der Waals surface area contributed by atoms with Crippen molar-refractivity contribution < 1.29 is 35.1 Å². The Kier molecular flexibility index (Phi) is 7.73. The molecule has 4 aromatic rings. The number of nitrogens with zero attached hydrogens (tertiary/aromatic N) is 4. The number of hydrogen-bond acceptors (Lipinski definition) is 7. The molecule has 0 unspecified atom stereocenters. The molecule has 0 spiro atoms. The first-order chi connectivity index (χ1) is 19.1. The normalized spacial score (nSPS) is 13.0. The fourth-order valence-corrected chi connectivity index (χ4v) is 4.18. The van der Waals surface area contributed by atoms with Crippen molar-refractivity contribution in [1.29, 1.82) is 0 Å². The molecule has 0 aliphatic rings. The Hall–Kier alpha value is -4.57. The largest absolute Gasteiger partial charge is 0.437 e. The number of rotatable bonds is 7. The van der Waals surface area contributed by atoms with E-state index in [9.17, 15) is 40.3 Å². The molecule has 1 atom stereocenters. The summed E-state index contributed by atoms with van der Waals surface area (Å²) in [5, 5.41) is 6.95. The van der Waals surface area contributed by atoms with Crippen LogP contribution in [0, 0.1) is 11.6 Å². The van der Waals surface area contributed by atoms with Gasteiger partial charge < -0.3 is 15.6 Å². The molecular weight excluding hydrogens is 570 g/mol. The average molecular weight is 589 g/mol. The Bertz CT molecular complexity index is 1730. The van der Waals surface area contributed by atoms with Crippen LogP contribution in [-0.4, -0.2) is 30.8 Å². The number of halogens is 8. The molecule has 0 amide bonds. The molecule has 3 heterocycles. The fraction of sp³-hybridized carbons (Fsp3) is 0.292. The van der Waals surface area contributed by atoms with Gasteiger partial charge in [0.05, 0.1) is 29.2 Å². The molecule has 218 valence electrons. The summed E-state index contributed by atoms with van der Waals surface area (Å²) in [6.45, 7) is 1.52. The van der Waals surface area contributed by atoms with Gasteiger partial charge >= 0.3 is 12.4 Å². The molecule has 1 aromatic carbocycles. The first kappa shape index (κ1) is 29.4. The Labute approximate surface area is 224 Å². The summed E-state index contributed by atoms with van der Waals surface area (Å²) in [5.74, 6) is -4.15. The maximum Gasteiger partial charge on any atom is 0.437 e. The van der Waals surface area contributed by atoms with Gasteiger partial charge in [-0.05, 0) is 37.3 Å². The monoisotopic (exact) mass is 589 g/mol. The minimum Gasteiger partial charge on any atom is -0.382 e. The van der Waals surface area contributed by atoms with E-state index in [0.717, 1.165) is 16.8 Å². The zero-order valence-corrected chi connectivity index (χ0v) is 20.8. The van der Waals surface area contributed by atoms with Gasteiger partial charge in [0.2, 0.25) is 0 Å². The Morgan fingerprint density at radius 1 is 1.07 bits per heavy atom. The number of nitrogens with two attached hydrogens (primary N) is 1. The van der Waals surface area contributed by atoms with Gasteiger partial charge in [0, 0.05) is 24.3 Å². The molecule has 9 nitrogen and oxygen atoms in total. The molecule has 0 aliphatic heterocycles. The van der Waals surface area contributed by atoms with Gasteiger partial charge in [-0.2, -0.15) is 31.4 Å². The third-order valence-electron chi connectivity index (χ3n) is 6.07. The minimum atomic E-state index is -4.93. The number of aromatic nitrogens is 5. The summed E-state index contributed by atoms with van der Waals surface area (Å²) in [6, 6.07) is 1.70. The zero-order chi connectivity index (χ0) is 30.3. The number of benzene rings is 1. The van der Waals surface area contributed by atoms with Crippen molar-refractivity contribution in [2.24, 2.45) is 0 Å². The zero-order valence-electron chi connectivity index (χ0n) is 20.8. The number of H-pyrrole nitrogens is 1. The summed E-state index contributed by atoms with van der Waals surface area (Å²) >= 11 is 0. The maximum atomic E-state index is 15.0. The Morgan fingerprint density at radius 3 is 2.41 bits per heavy atom. The second-order valence-corrected chi connectivity index (χ2v) is 8.99. The number of fused-ring (bicyclic) bond motifs is 1. The third-order valence-corrected chi connectivity index (χ3v) is 6.07. The number of anilines is 2. The van der Waals surface area contributed by atoms with E-state index in [1.807, 2.05) is 0 Å². The topological polar surface area (TPSA) is 132 Å². The lowest BCUT2D eigenvalue weighted by Gasteiger charge is -2.18. The van der Waals surface area contributed by atoms with Crippen LogP contribution >= 0.6 is 0 Å². The van der Waals surface area contributed by atoms with Gasteiger partial charge in [-0.25, -0.2) is 23.8 Å². The van der Waals surface area contributed by atoms with Crippen LogP contribution in [0.3, 0.4) is 0 Å². The van der Waals surface area contributed by atoms with E-state index in [4.69, 9.17) is 5.73 Å². The molecule has 0 saturated heterocycles. The highest BCUT2D eigenvalue weighted by atomic mass is 19.4. The molecular formula is C24H19F8N7O2. The summed E-state index contributed by atoms with van der Waals surface area (Å²) < 4.78 is 109. The highest BCUT2D eigenvalue weighted by Gasteiger charge is 2.38. The van der Waals surface area contributed by atoms with Gasteiger partial charge in [0.15, 0.2) is 23.1 Å². The molecule has 0 radical (unpaired) electrons. The smallest absolute Gasteiger partial charge is 0.382 e. The van der Waals surface area contributed by atoms with E-state index in [2.05, 4.69) is 20.4 Å². The second-order valence-electron chi connectivity index (χ2n) is 8.99. The molecule has 4 N–H and O–H groups in total. The van der Waals surface area contributed by atoms with Gasteiger partial charge in [-0.3, -0.25) is 9.59 Å². The Morgan fingerprint density at radius 2 is 1.78 bits per heavy atom. The molecule has 3 aromatic heterocycles. The minimum absolute atomic E-state index is 0.0235.